The monoisotopic (exact) mass is 537 g/mol. The van der Waals surface area contributed by atoms with Crippen LogP contribution in [0.3, 0.4) is 0 Å². The number of nitrogens with zero attached hydrogens (tertiary/aromatic N) is 3. The molecular formula is C30H40ClN5O2. The van der Waals surface area contributed by atoms with Gasteiger partial charge in [-0.2, -0.15) is 10.5 Å². The number of carbonyl (C=O) groups excluding carboxylic acids is 1. The summed E-state index contributed by atoms with van der Waals surface area (Å²) >= 11 is 6.25. The van der Waals surface area contributed by atoms with Gasteiger partial charge in [-0.05, 0) is 36.5 Å². The van der Waals surface area contributed by atoms with E-state index in [1.807, 2.05) is 39.8 Å². The maximum atomic E-state index is 13.1. The molecule has 38 heavy (non-hydrogen) atoms. The zero-order valence-corrected chi connectivity index (χ0v) is 24.4. The summed E-state index contributed by atoms with van der Waals surface area (Å²) < 4.78 is 5.59. The molecule has 2 unspecified atom stereocenters. The lowest BCUT2D eigenvalue weighted by molar-refractivity contribution is 0.0951. The van der Waals surface area contributed by atoms with Crippen LogP contribution in [0.15, 0.2) is 34.9 Å². The van der Waals surface area contributed by atoms with Crippen LogP contribution in [0.4, 0.5) is 5.82 Å². The van der Waals surface area contributed by atoms with Crippen molar-refractivity contribution in [1.29, 1.82) is 10.5 Å². The van der Waals surface area contributed by atoms with Crippen LogP contribution in [0.5, 0.6) is 0 Å². The van der Waals surface area contributed by atoms with Gasteiger partial charge in [-0.25, -0.2) is 4.98 Å². The summed E-state index contributed by atoms with van der Waals surface area (Å²) in [5.74, 6) is 0.682. The predicted octanol–water partition coefficient (Wildman–Crippen LogP) is 8.22. The lowest BCUT2D eigenvalue weighted by Gasteiger charge is -2.21. The van der Waals surface area contributed by atoms with Crippen LogP contribution in [0.1, 0.15) is 101 Å². The Labute approximate surface area is 232 Å². The number of aromatic nitrogens is 1. The zero-order valence-electron chi connectivity index (χ0n) is 23.6. The molecule has 3 rings (SSSR count). The third-order valence-corrected chi connectivity index (χ3v) is 6.36. The van der Waals surface area contributed by atoms with Gasteiger partial charge in [-0.1, -0.05) is 85.0 Å². The van der Waals surface area contributed by atoms with Crippen molar-refractivity contribution in [1.82, 2.24) is 10.3 Å². The Bertz CT molecular complexity index is 1260. The maximum absolute atomic E-state index is 13.1. The largest absolute Gasteiger partial charge is 0.443 e. The average molecular weight is 538 g/mol. The lowest BCUT2D eigenvalue weighted by atomic mass is 9.96. The van der Waals surface area contributed by atoms with E-state index in [2.05, 4.69) is 36.4 Å². The van der Waals surface area contributed by atoms with E-state index < -0.39 is 5.91 Å². The third-order valence-electron chi connectivity index (χ3n) is 5.92. The molecule has 2 heterocycles. The Morgan fingerprint density at radius 3 is 2.47 bits per heavy atom. The van der Waals surface area contributed by atoms with Crippen molar-refractivity contribution in [3.8, 4) is 12.1 Å². The van der Waals surface area contributed by atoms with Gasteiger partial charge in [0.1, 0.15) is 23.5 Å². The van der Waals surface area contributed by atoms with Gasteiger partial charge >= 0.3 is 0 Å². The van der Waals surface area contributed by atoms with Crippen LogP contribution in [0, 0.1) is 28.6 Å². The summed E-state index contributed by atoms with van der Waals surface area (Å²) in [6, 6.07) is 11.1. The van der Waals surface area contributed by atoms with E-state index in [1.165, 1.54) is 6.20 Å². The van der Waals surface area contributed by atoms with Gasteiger partial charge in [0.25, 0.3) is 5.91 Å². The van der Waals surface area contributed by atoms with Crippen LogP contribution in [-0.2, 0) is 6.54 Å². The van der Waals surface area contributed by atoms with Crippen molar-refractivity contribution >= 4 is 34.3 Å². The number of benzene rings is 1. The molecule has 1 aromatic carbocycles. The summed E-state index contributed by atoms with van der Waals surface area (Å²) in [7, 11) is 0. The minimum Gasteiger partial charge on any atom is -0.443 e. The Morgan fingerprint density at radius 1 is 1.16 bits per heavy atom. The summed E-state index contributed by atoms with van der Waals surface area (Å²) in [6.45, 7) is 14.7. The molecular weight excluding hydrogens is 498 g/mol. The van der Waals surface area contributed by atoms with Gasteiger partial charge in [0.15, 0.2) is 5.58 Å². The minimum absolute atomic E-state index is 0.0759. The Kier molecular flexibility index (Phi) is 14.6. The number of carbonyl (C=O) groups is 1. The highest BCUT2D eigenvalue weighted by atomic mass is 35.5. The van der Waals surface area contributed by atoms with Crippen molar-refractivity contribution in [3.63, 3.8) is 0 Å². The molecule has 0 saturated heterocycles. The first kappa shape index (κ1) is 32.5. The molecule has 0 aliphatic carbocycles. The minimum atomic E-state index is -0.462. The SMILES string of the molecule is CC.CC.CCCC(CC(C)CC)Nc1cc2c(C(=O)NCc3cccc(C#N)c3Cl)c(C#N)oc2cn1. The Morgan fingerprint density at radius 2 is 1.87 bits per heavy atom. The number of pyridine rings is 1. The number of nitrogens with one attached hydrogen (secondary N) is 2. The van der Waals surface area contributed by atoms with E-state index in [-0.39, 0.29) is 23.9 Å². The molecule has 7 nitrogen and oxygen atoms in total. The van der Waals surface area contributed by atoms with Gasteiger partial charge in [0, 0.05) is 18.0 Å². The van der Waals surface area contributed by atoms with Gasteiger partial charge in [-0.3, -0.25) is 4.79 Å². The number of amides is 1. The lowest BCUT2D eigenvalue weighted by Crippen LogP contribution is -2.24. The second-order valence-corrected chi connectivity index (χ2v) is 8.81. The number of nitriles is 2. The standard InChI is InChI=1S/C26H28ClN5O2.2C2H6/c1-4-7-19(10-16(3)5-2)32-23-11-20-22(15-30-23)34-21(13-29)24(20)26(33)31-14-18-9-6-8-17(12-28)25(18)27;2*1-2/h6,8-9,11,15-16,19H,4-5,7,10,14H2,1-3H3,(H,30,32)(H,31,33);2*1-2H3. The second kappa shape index (κ2) is 17.1. The van der Waals surface area contributed by atoms with Crippen LogP contribution in [0.25, 0.3) is 11.0 Å². The Hall–Kier alpha value is -3.55. The highest BCUT2D eigenvalue weighted by molar-refractivity contribution is 6.32. The summed E-state index contributed by atoms with van der Waals surface area (Å²) in [5.41, 5.74) is 1.47. The molecule has 1 amide bonds. The molecule has 0 aliphatic rings. The highest BCUT2D eigenvalue weighted by Crippen LogP contribution is 2.28. The number of fused-ring (bicyclic) bond motifs is 1. The van der Waals surface area contributed by atoms with E-state index in [9.17, 15) is 10.1 Å². The van der Waals surface area contributed by atoms with E-state index in [0.29, 0.717) is 38.9 Å². The number of furan rings is 1. The van der Waals surface area contributed by atoms with Gasteiger partial charge in [-0.15, -0.1) is 0 Å². The molecule has 8 heteroatoms. The molecule has 3 aromatic rings. The number of hydrogen-bond acceptors (Lipinski definition) is 6. The second-order valence-electron chi connectivity index (χ2n) is 8.44. The quantitative estimate of drug-likeness (QED) is 0.269. The first-order chi connectivity index (χ1) is 18.4. The summed E-state index contributed by atoms with van der Waals surface area (Å²) in [6.07, 6.45) is 5.72. The molecule has 0 aliphatic heterocycles. The molecule has 204 valence electrons. The van der Waals surface area contributed by atoms with Gasteiger partial charge in [0.05, 0.1) is 16.8 Å². The van der Waals surface area contributed by atoms with Crippen molar-refractivity contribution < 1.29 is 9.21 Å². The fourth-order valence-electron chi connectivity index (χ4n) is 3.91. The zero-order chi connectivity index (χ0) is 28.7. The summed E-state index contributed by atoms with van der Waals surface area (Å²) in [4.78, 5) is 17.5. The van der Waals surface area contributed by atoms with Crippen LogP contribution < -0.4 is 10.6 Å². The number of anilines is 1. The smallest absolute Gasteiger partial charge is 0.256 e. The van der Waals surface area contributed by atoms with Crippen molar-refractivity contribution in [2.45, 2.75) is 86.7 Å². The molecule has 0 bridgehead atoms. The van der Waals surface area contributed by atoms with Crippen LogP contribution in [-0.4, -0.2) is 16.9 Å². The molecule has 0 radical (unpaired) electrons. The van der Waals surface area contributed by atoms with Crippen molar-refractivity contribution in [2.24, 2.45) is 5.92 Å². The summed E-state index contributed by atoms with van der Waals surface area (Å²) in [5, 5.41) is 25.8. The fraction of sp³-hybridized carbons (Fsp3) is 0.467. The molecule has 0 spiro atoms. The molecule has 0 saturated carbocycles. The average Bonchev–Trinajstić information content (AvgIpc) is 3.32. The molecule has 2 aromatic heterocycles. The fourth-order valence-corrected chi connectivity index (χ4v) is 4.15. The first-order valence-corrected chi connectivity index (χ1v) is 13.8. The van der Waals surface area contributed by atoms with E-state index >= 15 is 0 Å². The Balaban J connectivity index is 0.00000172. The topological polar surface area (TPSA) is 115 Å². The maximum Gasteiger partial charge on any atom is 0.256 e. The normalized spacial score (nSPS) is 11.5. The van der Waals surface area contributed by atoms with Crippen LogP contribution in [0.2, 0.25) is 5.02 Å². The highest BCUT2D eigenvalue weighted by Gasteiger charge is 2.22. The first-order valence-electron chi connectivity index (χ1n) is 13.5. The number of rotatable bonds is 10. The molecule has 2 N–H and O–H groups in total. The van der Waals surface area contributed by atoms with Crippen molar-refractivity contribution in [3.05, 3.63) is 57.9 Å². The van der Waals surface area contributed by atoms with Crippen LogP contribution >= 0.6 is 11.6 Å². The molecule has 0 fully saturated rings. The van der Waals surface area contributed by atoms with E-state index in [4.69, 9.17) is 21.3 Å². The van der Waals surface area contributed by atoms with E-state index in [0.717, 1.165) is 25.7 Å². The predicted molar refractivity (Wildman–Crippen MR) is 155 cm³/mol. The van der Waals surface area contributed by atoms with E-state index in [1.54, 1.807) is 24.3 Å². The van der Waals surface area contributed by atoms with Crippen molar-refractivity contribution in [2.75, 3.05) is 5.32 Å². The number of hydrogen-bond donors (Lipinski definition) is 2. The van der Waals surface area contributed by atoms with Gasteiger partial charge < -0.3 is 15.1 Å². The number of halogens is 1. The van der Waals surface area contributed by atoms with Gasteiger partial charge in [0.2, 0.25) is 5.76 Å². The molecule has 2 atom stereocenters. The third kappa shape index (κ3) is 8.50.